The minimum absolute atomic E-state index is 0.0297. The van der Waals surface area contributed by atoms with Crippen molar-refractivity contribution in [3.8, 4) is 0 Å². The number of halogens is 4. The van der Waals surface area contributed by atoms with Crippen LogP contribution in [-0.2, 0) is 10.5 Å². The molecule has 0 spiro atoms. The highest BCUT2D eigenvalue weighted by atomic mass is 35.5. The van der Waals surface area contributed by atoms with E-state index in [2.05, 4.69) is 5.10 Å². The number of nitrogens with zero attached hydrogens (tertiary/aromatic N) is 2. The van der Waals surface area contributed by atoms with Gasteiger partial charge in [0, 0.05) is 10.8 Å². The number of alkyl halides is 3. The third kappa shape index (κ3) is 4.34. The second kappa shape index (κ2) is 8.14. The average Bonchev–Trinajstić information content (AvgIpc) is 3.02. The van der Waals surface area contributed by atoms with Gasteiger partial charge in [0.25, 0.3) is 11.6 Å². The number of hydrogen-bond acceptors (Lipinski definition) is 4. The van der Waals surface area contributed by atoms with Crippen molar-refractivity contribution in [3.63, 3.8) is 0 Å². The molecule has 0 bridgehead atoms. The van der Waals surface area contributed by atoms with E-state index in [4.69, 9.17) is 11.6 Å². The molecular formula is C19H16ClF3N2O2S. The number of benzene rings is 2. The van der Waals surface area contributed by atoms with Crippen LogP contribution >= 0.6 is 23.4 Å². The van der Waals surface area contributed by atoms with Gasteiger partial charge in [-0.2, -0.15) is 23.3 Å². The Hall–Kier alpha value is -2.03. The number of carbonyl (C=O) groups is 1. The first-order chi connectivity index (χ1) is 13.2. The van der Waals surface area contributed by atoms with Gasteiger partial charge in [0.05, 0.1) is 17.9 Å². The molecule has 1 aliphatic rings. The Morgan fingerprint density at radius 1 is 1.18 bits per heavy atom. The second-order valence-electron chi connectivity index (χ2n) is 6.23. The predicted molar refractivity (Wildman–Crippen MR) is 103 cm³/mol. The van der Waals surface area contributed by atoms with Gasteiger partial charge in [-0.3, -0.25) is 4.79 Å². The minimum atomic E-state index is -5.05. The lowest BCUT2D eigenvalue weighted by atomic mass is 10.0. The summed E-state index contributed by atoms with van der Waals surface area (Å²) in [6, 6.07) is 15.2. The molecule has 28 heavy (non-hydrogen) atoms. The van der Waals surface area contributed by atoms with Crippen molar-refractivity contribution in [1.29, 1.82) is 0 Å². The van der Waals surface area contributed by atoms with Crippen molar-refractivity contribution in [2.45, 2.75) is 24.1 Å². The maximum atomic E-state index is 13.6. The molecule has 0 saturated heterocycles. The maximum absolute atomic E-state index is 13.6. The molecule has 1 heterocycles. The largest absolute Gasteiger partial charge is 0.438 e. The number of amides is 1. The highest BCUT2D eigenvalue weighted by Crippen LogP contribution is 2.41. The molecule has 2 aromatic rings. The van der Waals surface area contributed by atoms with E-state index < -0.39 is 24.2 Å². The summed E-state index contributed by atoms with van der Waals surface area (Å²) in [6.07, 6.45) is -5.89. The van der Waals surface area contributed by atoms with Gasteiger partial charge in [-0.05, 0) is 23.3 Å². The third-order valence-electron chi connectivity index (χ3n) is 4.19. The Morgan fingerprint density at radius 2 is 1.82 bits per heavy atom. The average molecular weight is 429 g/mol. The molecule has 1 amide bonds. The zero-order chi connectivity index (χ0) is 20.4. The van der Waals surface area contributed by atoms with Crippen LogP contribution in [0.25, 0.3) is 0 Å². The molecule has 0 aromatic heterocycles. The lowest BCUT2D eigenvalue weighted by molar-refractivity contribution is -0.301. The second-order valence-corrected chi connectivity index (χ2v) is 7.65. The minimum Gasteiger partial charge on any atom is -0.362 e. The summed E-state index contributed by atoms with van der Waals surface area (Å²) < 4.78 is 40.7. The van der Waals surface area contributed by atoms with Crippen molar-refractivity contribution >= 4 is 35.0 Å². The van der Waals surface area contributed by atoms with E-state index in [-0.39, 0.29) is 16.5 Å². The molecule has 0 saturated carbocycles. The summed E-state index contributed by atoms with van der Waals surface area (Å²) in [6.45, 7) is 0. The smallest absolute Gasteiger partial charge is 0.362 e. The number of hydrazone groups is 1. The lowest BCUT2D eigenvalue weighted by Crippen LogP contribution is -2.57. The van der Waals surface area contributed by atoms with Crippen LogP contribution in [0, 0.1) is 0 Å². The van der Waals surface area contributed by atoms with Crippen molar-refractivity contribution in [3.05, 3.63) is 70.7 Å². The van der Waals surface area contributed by atoms with Gasteiger partial charge in [0.1, 0.15) is 0 Å². The molecule has 0 fully saturated rings. The Labute approximate surface area is 169 Å². The van der Waals surface area contributed by atoms with Gasteiger partial charge in [0.2, 0.25) is 0 Å². The first-order valence-electron chi connectivity index (χ1n) is 8.28. The van der Waals surface area contributed by atoms with Gasteiger partial charge < -0.3 is 5.11 Å². The van der Waals surface area contributed by atoms with Crippen LogP contribution in [0.1, 0.15) is 17.5 Å². The Balaban J connectivity index is 1.77. The van der Waals surface area contributed by atoms with Crippen LogP contribution in [-0.4, -0.2) is 39.4 Å². The lowest BCUT2D eigenvalue weighted by Gasteiger charge is -2.32. The fraction of sp³-hybridized carbons (Fsp3) is 0.263. The van der Waals surface area contributed by atoms with E-state index in [0.29, 0.717) is 16.3 Å². The van der Waals surface area contributed by atoms with Crippen LogP contribution in [0.15, 0.2) is 59.7 Å². The van der Waals surface area contributed by atoms with Crippen molar-refractivity contribution in [1.82, 2.24) is 5.01 Å². The van der Waals surface area contributed by atoms with Gasteiger partial charge in [-0.15, -0.1) is 11.8 Å². The van der Waals surface area contributed by atoms with Gasteiger partial charge >= 0.3 is 6.18 Å². The number of carbonyl (C=O) groups excluding carboxylic acids is 1. The van der Waals surface area contributed by atoms with E-state index >= 15 is 0 Å². The Kier molecular flexibility index (Phi) is 6.02. The van der Waals surface area contributed by atoms with Crippen LogP contribution in [0.4, 0.5) is 13.2 Å². The number of hydrogen-bond donors (Lipinski definition) is 1. The maximum Gasteiger partial charge on any atom is 0.438 e. The predicted octanol–water partition coefficient (Wildman–Crippen LogP) is 4.46. The zero-order valence-corrected chi connectivity index (χ0v) is 16.1. The van der Waals surface area contributed by atoms with Crippen molar-refractivity contribution in [2.75, 3.05) is 5.75 Å². The fourth-order valence-corrected chi connectivity index (χ4v) is 3.68. The molecule has 3 rings (SSSR count). The van der Waals surface area contributed by atoms with E-state index in [0.717, 1.165) is 17.3 Å². The van der Waals surface area contributed by atoms with Crippen LogP contribution in [0.3, 0.4) is 0 Å². The molecular weight excluding hydrogens is 413 g/mol. The van der Waals surface area contributed by atoms with Crippen molar-refractivity contribution < 1.29 is 23.1 Å². The number of rotatable bonds is 5. The number of aliphatic hydroxyl groups is 1. The normalized spacial score (nSPS) is 19.6. The summed E-state index contributed by atoms with van der Waals surface area (Å²) in [5, 5.41) is 14.7. The Bertz CT molecular complexity index is 875. The molecule has 1 N–H and O–H groups in total. The van der Waals surface area contributed by atoms with Gasteiger partial charge in [-0.25, -0.2) is 0 Å². The Morgan fingerprint density at radius 3 is 2.43 bits per heavy atom. The van der Waals surface area contributed by atoms with Crippen molar-refractivity contribution in [2.24, 2.45) is 5.10 Å². The van der Waals surface area contributed by atoms with Gasteiger partial charge in [0.15, 0.2) is 0 Å². The molecule has 4 nitrogen and oxygen atoms in total. The van der Waals surface area contributed by atoms with E-state index in [9.17, 15) is 23.1 Å². The topological polar surface area (TPSA) is 52.9 Å². The first kappa shape index (κ1) is 20.7. The summed E-state index contributed by atoms with van der Waals surface area (Å²) in [5.41, 5.74) is -2.10. The quantitative estimate of drug-likeness (QED) is 0.765. The zero-order valence-electron chi connectivity index (χ0n) is 14.5. The standard InChI is InChI=1S/C19H16ClF3N2O2S/c20-15-8-6-14(7-9-15)16-10-18(27,19(21,22)23)25(24-16)17(26)12-28-11-13-4-2-1-3-5-13/h1-9,27H,10-12H2/t18-/m0/s1. The third-order valence-corrected chi connectivity index (χ3v) is 5.43. The van der Waals surface area contributed by atoms with Gasteiger partial charge in [-0.1, -0.05) is 54.1 Å². The summed E-state index contributed by atoms with van der Waals surface area (Å²) in [4.78, 5) is 12.4. The van der Waals surface area contributed by atoms with E-state index in [1.54, 1.807) is 0 Å². The van der Waals surface area contributed by atoms with E-state index in [1.807, 2.05) is 30.3 Å². The summed E-state index contributed by atoms with van der Waals surface area (Å²) >= 11 is 6.95. The molecule has 1 aliphatic heterocycles. The van der Waals surface area contributed by atoms with Crippen LogP contribution in [0.5, 0.6) is 0 Å². The summed E-state index contributed by atoms with van der Waals surface area (Å²) in [7, 11) is 0. The highest BCUT2D eigenvalue weighted by Gasteiger charge is 2.63. The molecule has 9 heteroatoms. The monoisotopic (exact) mass is 428 g/mol. The van der Waals surface area contributed by atoms with Crippen LogP contribution < -0.4 is 0 Å². The van der Waals surface area contributed by atoms with Crippen LogP contribution in [0.2, 0.25) is 5.02 Å². The molecule has 0 aliphatic carbocycles. The molecule has 2 aromatic carbocycles. The first-order valence-corrected chi connectivity index (χ1v) is 9.81. The SMILES string of the molecule is O=C(CSCc1ccccc1)N1N=C(c2ccc(Cl)cc2)C[C@]1(O)C(F)(F)F. The molecule has 148 valence electrons. The molecule has 0 unspecified atom stereocenters. The summed E-state index contributed by atoms with van der Waals surface area (Å²) in [5.74, 6) is -0.701. The fourth-order valence-electron chi connectivity index (χ4n) is 2.72. The molecule has 1 atom stereocenters. The van der Waals surface area contributed by atoms with E-state index in [1.165, 1.54) is 24.3 Å². The number of thioether (sulfide) groups is 1. The highest BCUT2D eigenvalue weighted by molar-refractivity contribution is 7.99. The molecule has 0 radical (unpaired) electrons.